The molecule has 0 fully saturated rings. The van der Waals surface area contributed by atoms with Gasteiger partial charge in [0.25, 0.3) is 0 Å². The average molecular weight is 388 g/mol. The van der Waals surface area contributed by atoms with Gasteiger partial charge in [-0.3, -0.25) is 9.52 Å². The van der Waals surface area contributed by atoms with Crippen LogP contribution in [0.5, 0.6) is 0 Å². The second-order valence-electron chi connectivity index (χ2n) is 6.70. The van der Waals surface area contributed by atoms with Gasteiger partial charge in [-0.25, -0.2) is 8.42 Å². The number of anilines is 2. The van der Waals surface area contributed by atoms with Crippen LogP contribution >= 0.6 is 0 Å². The van der Waals surface area contributed by atoms with Gasteiger partial charge >= 0.3 is 0 Å². The van der Waals surface area contributed by atoms with E-state index >= 15 is 0 Å². The summed E-state index contributed by atoms with van der Waals surface area (Å²) in [4.78, 5) is 14.0. The molecule has 0 aliphatic carbocycles. The van der Waals surface area contributed by atoms with E-state index in [0.29, 0.717) is 42.9 Å². The summed E-state index contributed by atoms with van der Waals surface area (Å²) < 4.78 is 33.2. The molecule has 0 bridgehead atoms. The Balaban J connectivity index is 1.88. The number of benzene rings is 2. The fourth-order valence-electron chi connectivity index (χ4n) is 3.22. The van der Waals surface area contributed by atoms with Crippen molar-refractivity contribution < 1.29 is 17.9 Å². The van der Waals surface area contributed by atoms with Crippen LogP contribution in [0.1, 0.15) is 23.1 Å². The molecule has 2 aromatic rings. The number of carbonyl (C=O) groups is 1. The molecule has 0 saturated heterocycles. The third-order valence-electron chi connectivity index (χ3n) is 4.56. The molecule has 0 unspecified atom stereocenters. The SMILES string of the molecule is COCCN1C(=O)CCc2cccc(NS(=O)(=O)Cc3ccc(C)cc3)c21. The molecule has 1 amide bonds. The van der Waals surface area contributed by atoms with E-state index in [9.17, 15) is 13.2 Å². The molecular formula is C20H24N2O4S. The second kappa shape index (κ2) is 8.10. The van der Waals surface area contributed by atoms with Gasteiger partial charge in [0.05, 0.1) is 23.7 Å². The van der Waals surface area contributed by atoms with E-state index in [1.165, 1.54) is 0 Å². The lowest BCUT2D eigenvalue weighted by Gasteiger charge is -2.31. The van der Waals surface area contributed by atoms with Gasteiger partial charge in [0.2, 0.25) is 15.9 Å². The van der Waals surface area contributed by atoms with Crippen molar-refractivity contribution in [3.8, 4) is 0 Å². The Morgan fingerprint density at radius 2 is 1.85 bits per heavy atom. The summed E-state index contributed by atoms with van der Waals surface area (Å²) >= 11 is 0. The van der Waals surface area contributed by atoms with Crippen LogP contribution in [-0.2, 0) is 31.7 Å². The van der Waals surface area contributed by atoms with Gasteiger partial charge in [-0.05, 0) is 30.5 Å². The van der Waals surface area contributed by atoms with E-state index in [0.717, 1.165) is 11.1 Å². The fourth-order valence-corrected chi connectivity index (χ4v) is 4.43. The highest BCUT2D eigenvalue weighted by Crippen LogP contribution is 2.35. The predicted molar refractivity (Wildman–Crippen MR) is 106 cm³/mol. The molecule has 27 heavy (non-hydrogen) atoms. The third kappa shape index (κ3) is 4.67. The van der Waals surface area contributed by atoms with Gasteiger partial charge in [-0.2, -0.15) is 0 Å². The van der Waals surface area contributed by atoms with E-state index in [2.05, 4.69) is 4.72 Å². The molecule has 2 aromatic carbocycles. The Morgan fingerprint density at radius 3 is 2.56 bits per heavy atom. The zero-order chi connectivity index (χ0) is 19.4. The zero-order valence-corrected chi connectivity index (χ0v) is 16.4. The van der Waals surface area contributed by atoms with Crippen LogP contribution in [0.2, 0.25) is 0 Å². The van der Waals surface area contributed by atoms with Gasteiger partial charge in [0.15, 0.2) is 0 Å². The van der Waals surface area contributed by atoms with Crippen molar-refractivity contribution in [2.24, 2.45) is 0 Å². The molecule has 1 heterocycles. The monoisotopic (exact) mass is 388 g/mol. The number of aryl methyl sites for hydroxylation is 2. The molecule has 0 aromatic heterocycles. The lowest BCUT2D eigenvalue weighted by molar-refractivity contribution is -0.119. The lowest BCUT2D eigenvalue weighted by Crippen LogP contribution is -2.38. The van der Waals surface area contributed by atoms with Gasteiger partial charge in [-0.1, -0.05) is 42.0 Å². The van der Waals surface area contributed by atoms with Crippen LogP contribution in [0, 0.1) is 6.92 Å². The Hall–Kier alpha value is -2.38. The van der Waals surface area contributed by atoms with Crippen molar-refractivity contribution in [3.05, 3.63) is 59.2 Å². The highest BCUT2D eigenvalue weighted by atomic mass is 32.2. The first-order valence-electron chi connectivity index (χ1n) is 8.87. The van der Waals surface area contributed by atoms with E-state index in [1.807, 2.05) is 43.3 Å². The summed E-state index contributed by atoms with van der Waals surface area (Å²) in [6.07, 6.45) is 1.02. The van der Waals surface area contributed by atoms with Crippen LogP contribution < -0.4 is 9.62 Å². The summed E-state index contributed by atoms with van der Waals surface area (Å²) in [7, 11) is -2.04. The normalized spacial score (nSPS) is 14.1. The molecule has 7 heteroatoms. The topological polar surface area (TPSA) is 75.7 Å². The first-order valence-corrected chi connectivity index (χ1v) is 10.5. The molecular weight excluding hydrogens is 364 g/mol. The van der Waals surface area contributed by atoms with E-state index in [1.54, 1.807) is 18.1 Å². The first-order chi connectivity index (χ1) is 12.9. The van der Waals surface area contributed by atoms with Gasteiger partial charge < -0.3 is 9.64 Å². The number of carbonyl (C=O) groups excluding carboxylic acids is 1. The summed E-state index contributed by atoms with van der Waals surface area (Å²) in [5, 5.41) is 0. The number of ether oxygens (including phenoxy) is 1. The van der Waals surface area contributed by atoms with Crippen molar-refractivity contribution in [3.63, 3.8) is 0 Å². The minimum atomic E-state index is -3.61. The van der Waals surface area contributed by atoms with Gasteiger partial charge in [-0.15, -0.1) is 0 Å². The molecule has 1 aliphatic rings. The largest absolute Gasteiger partial charge is 0.383 e. The molecule has 1 aliphatic heterocycles. The fraction of sp³-hybridized carbons (Fsp3) is 0.350. The molecule has 6 nitrogen and oxygen atoms in total. The molecule has 0 saturated carbocycles. The van der Waals surface area contributed by atoms with Crippen molar-refractivity contribution in [2.45, 2.75) is 25.5 Å². The molecule has 144 valence electrons. The number of methoxy groups -OCH3 is 1. The smallest absolute Gasteiger partial charge is 0.236 e. The Labute approximate surface area is 160 Å². The van der Waals surface area contributed by atoms with Crippen molar-refractivity contribution in [1.29, 1.82) is 0 Å². The predicted octanol–water partition coefficient (Wildman–Crippen LogP) is 2.86. The number of hydrogen-bond acceptors (Lipinski definition) is 4. The zero-order valence-electron chi connectivity index (χ0n) is 15.6. The number of nitrogens with one attached hydrogen (secondary N) is 1. The first kappa shape index (κ1) is 19.4. The van der Waals surface area contributed by atoms with Crippen molar-refractivity contribution >= 4 is 27.3 Å². The maximum atomic E-state index is 12.7. The maximum Gasteiger partial charge on any atom is 0.236 e. The summed E-state index contributed by atoms with van der Waals surface area (Å²) in [5.41, 5.74) is 3.82. The second-order valence-corrected chi connectivity index (χ2v) is 8.42. The van der Waals surface area contributed by atoms with E-state index in [4.69, 9.17) is 4.74 Å². The van der Waals surface area contributed by atoms with Crippen LogP contribution in [0.25, 0.3) is 0 Å². The third-order valence-corrected chi connectivity index (χ3v) is 5.80. The van der Waals surface area contributed by atoms with Crippen molar-refractivity contribution in [1.82, 2.24) is 0 Å². The van der Waals surface area contributed by atoms with Gasteiger partial charge in [0.1, 0.15) is 0 Å². The van der Waals surface area contributed by atoms with Crippen LogP contribution in [0.15, 0.2) is 42.5 Å². The summed E-state index contributed by atoms with van der Waals surface area (Å²) in [6.45, 7) is 2.73. The van der Waals surface area contributed by atoms with E-state index in [-0.39, 0.29) is 11.7 Å². The Morgan fingerprint density at radius 1 is 1.11 bits per heavy atom. The van der Waals surface area contributed by atoms with Crippen LogP contribution in [0.3, 0.4) is 0 Å². The number of para-hydroxylation sites is 1. The average Bonchev–Trinajstić information content (AvgIpc) is 2.63. The van der Waals surface area contributed by atoms with Crippen molar-refractivity contribution in [2.75, 3.05) is 29.9 Å². The highest BCUT2D eigenvalue weighted by molar-refractivity contribution is 7.91. The number of hydrogen-bond donors (Lipinski definition) is 1. The Bertz CT molecular complexity index is 923. The molecule has 0 radical (unpaired) electrons. The molecule has 1 N–H and O–H groups in total. The van der Waals surface area contributed by atoms with Crippen LogP contribution in [-0.4, -0.2) is 34.6 Å². The standard InChI is InChI=1S/C20H24N2O4S/c1-15-6-8-16(9-7-15)14-27(24,25)21-18-5-3-4-17-10-11-19(23)22(20(17)18)12-13-26-2/h3-9,21H,10-14H2,1-2H3. The van der Waals surface area contributed by atoms with Gasteiger partial charge in [0, 0.05) is 20.1 Å². The minimum absolute atomic E-state index is 0.0234. The number of rotatable bonds is 7. The van der Waals surface area contributed by atoms with Crippen LogP contribution in [0.4, 0.5) is 11.4 Å². The lowest BCUT2D eigenvalue weighted by atomic mass is 10.00. The number of nitrogens with zero attached hydrogens (tertiary/aromatic N) is 1. The highest BCUT2D eigenvalue weighted by Gasteiger charge is 2.27. The molecule has 0 atom stereocenters. The molecule has 3 rings (SSSR count). The maximum absolute atomic E-state index is 12.7. The molecule has 0 spiro atoms. The quantitative estimate of drug-likeness (QED) is 0.791. The summed E-state index contributed by atoms with van der Waals surface area (Å²) in [5.74, 6) is -0.145. The number of amides is 1. The summed E-state index contributed by atoms with van der Waals surface area (Å²) in [6, 6.07) is 12.8. The number of fused-ring (bicyclic) bond motifs is 1. The Kier molecular flexibility index (Phi) is 5.82. The number of sulfonamides is 1. The minimum Gasteiger partial charge on any atom is -0.383 e. The van der Waals surface area contributed by atoms with E-state index < -0.39 is 10.0 Å².